The summed E-state index contributed by atoms with van der Waals surface area (Å²) in [5, 5.41) is 2.61. The van der Waals surface area contributed by atoms with Gasteiger partial charge in [-0.3, -0.25) is 9.59 Å². The molecule has 0 saturated heterocycles. The van der Waals surface area contributed by atoms with Gasteiger partial charge in [-0.1, -0.05) is 47.5 Å². The zero-order chi connectivity index (χ0) is 19.9. The molecule has 1 amide bonds. The Morgan fingerprint density at radius 3 is 1.96 bits per heavy atom. The van der Waals surface area contributed by atoms with E-state index in [-0.39, 0.29) is 42.5 Å². The molecule has 2 rings (SSSR count). The summed E-state index contributed by atoms with van der Waals surface area (Å²) in [5.41, 5.74) is 2.62. The van der Waals surface area contributed by atoms with E-state index in [4.69, 9.17) is 0 Å². The van der Waals surface area contributed by atoms with Crippen molar-refractivity contribution in [2.75, 3.05) is 13.1 Å². The molecule has 0 aliphatic rings. The standard InChI is InChI=1S/C20H24N2O4S/c1-15-3-7-17(8-4-15)19(23)11-12-20(24)21-13-14-22-27(25,26)18-9-5-16(2)6-10-18/h3-10,22H,11-14H2,1-2H3,(H,21,24). The monoisotopic (exact) mass is 388 g/mol. The number of Topliss-reactive ketones (excluding diaryl/α,β-unsaturated/α-hetero) is 1. The summed E-state index contributed by atoms with van der Waals surface area (Å²) in [5.74, 6) is -0.379. The van der Waals surface area contributed by atoms with Crippen molar-refractivity contribution in [1.82, 2.24) is 10.0 Å². The summed E-state index contributed by atoms with van der Waals surface area (Å²) < 4.78 is 26.7. The van der Waals surface area contributed by atoms with Gasteiger partial charge in [0.1, 0.15) is 0 Å². The summed E-state index contributed by atoms with van der Waals surface area (Å²) in [7, 11) is -3.60. The summed E-state index contributed by atoms with van der Waals surface area (Å²) in [6, 6.07) is 13.7. The molecule has 0 radical (unpaired) electrons. The van der Waals surface area contributed by atoms with Crippen LogP contribution in [-0.4, -0.2) is 33.2 Å². The largest absolute Gasteiger partial charge is 0.355 e. The summed E-state index contributed by atoms with van der Waals surface area (Å²) in [4.78, 5) is 24.0. The van der Waals surface area contributed by atoms with Gasteiger partial charge in [0.25, 0.3) is 0 Å². The highest BCUT2D eigenvalue weighted by Gasteiger charge is 2.13. The zero-order valence-corrected chi connectivity index (χ0v) is 16.3. The summed E-state index contributed by atoms with van der Waals surface area (Å²) in [6.07, 6.45) is 0.182. The van der Waals surface area contributed by atoms with E-state index in [2.05, 4.69) is 10.0 Å². The number of ketones is 1. The number of hydrogen-bond acceptors (Lipinski definition) is 4. The minimum absolute atomic E-state index is 0.0669. The molecule has 0 bridgehead atoms. The molecule has 0 unspecified atom stereocenters. The molecule has 0 atom stereocenters. The maximum atomic E-state index is 12.1. The Labute approximate surface area is 160 Å². The normalized spacial score (nSPS) is 11.2. The number of benzene rings is 2. The van der Waals surface area contributed by atoms with Crippen LogP contribution in [0.4, 0.5) is 0 Å². The molecule has 0 spiro atoms. The molecule has 0 fully saturated rings. The number of rotatable bonds is 9. The van der Waals surface area contributed by atoms with E-state index in [0.717, 1.165) is 11.1 Å². The second-order valence-corrected chi connectivity index (χ2v) is 8.12. The lowest BCUT2D eigenvalue weighted by atomic mass is 10.1. The van der Waals surface area contributed by atoms with Crippen molar-refractivity contribution >= 4 is 21.7 Å². The van der Waals surface area contributed by atoms with Gasteiger partial charge < -0.3 is 5.32 Å². The van der Waals surface area contributed by atoms with Crippen LogP contribution in [0.5, 0.6) is 0 Å². The molecule has 0 aromatic heterocycles. The molecule has 2 aromatic rings. The first kappa shape index (κ1) is 20.8. The summed E-state index contributed by atoms with van der Waals surface area (Å²) in [6.45, 7) is 4.05. The van der Waals surface area contributed by atoms with Gasteiger partial charge in [-0.15, -0.1) is 0 Å². The topological polar surface area (TPSA) is 92.3 Å². The molecule has 6 nitrogen and oxygen atoms in total. The van der Waals surface area contributed by atoms with E-state index in [0.29, 0.717) is 5.56 Å². The minimum Gasteiger partial charge on any atom is -0.355 e. The van der Waals surface area contributed by atoms with Crippen molar-refractivity contribution in [3.8, 4) is 0 Å². The van der Waals surface area contributed by atoms with Crippen molar-refractivity contribution < 1.29 is 18.0 Å². The van der Waals surface area contributed by atoms with Crippen molar-refractivity contribution in [3.05, 3.63) is 65.2 Å². The van der Waals surface area contributed by atoms with Crippen LogP contribution in [0.1, 0.15) is 34.3 Å². The van der Waals surface area contributed by atoms with Gasteiger partial charge in [0.15, 0.2) is 5.78 Å². The number of carbonyl (C=O) groups excluding carboxylic acids is 2. The number of carbonyl (C=O) groups is 2. The minimum atomic E-state index is -3.60. The molecule has 0 aliphatic carbocycles. The molecular weight excluding hydrogens is 364 g/mol. The number of amides is 1. The Morgan fingerprint density at radius 2 is 1.37 bits per heavy atom. The average molecular weight is 388 g/mol. The van der Waals surface area contributed by atoms with E-state index in [1.54, 1.807) is 24.3 Å². The van der Waals surface area contributed by atoms with Crippen LogP contribution in [0, 0.1) is 13.8 Å². The number of hydrogen-bond donors (Lipinski definition) is 2. The molecule has 2 aromatic carbocycles. The summed E-state index contributed by atoms with van der Waals surface area (Å²) >= 11 is 0. The van der Waals surface area contributed by atoms with Crippen LogP contribution in [0.3, 0.4) is 0 Å². The fourth-order valence-electron chi connectivity index (χ4n) is 2.39. The lowest BCUT2D eigenvalue weighted by Crippen LogP contribution is -2.34. The van der Waals surface area contributed by atoms with Crippen molar-refractivity contribution in [2.24, 2.45) is 0 Å². The lowest BCUT2D eigenvalue weighted by Gasteiger charge is -2.08. The van der Waals surface area contributed by atoms with Gasteiger partial charge in [-0.05, 0) is 26.0 Å². The molecule has 2 N–H and O–H groups in total. The molecular formula is C20H24N2O4S. The third kappa shape index (κ3) is 6.62. The highest BCUT2D eigenvalue weighted by atomic mass is 32.2. The number of sulfonamides is 1. The van der Waals surface area contributed by atoms with Crippen LogP contribution in [-0.2, 0) is 14.8 Å². The SMILES string of the molecule is Cc1ccc(C(=O)CCC(=O)NCCNS(=O)(=O)c2ccc(C)cc2)cc1. The van der Waals surface area contributed by atoms with E-state index < -0.39 is 10.0 Å². The second kappa shape index (κ2) is 9.43. The molecule has 0 heterocycles. The van der Waals surface area contributed by atoms with Gasteiger partial charge in [-0.25, -0.2) is 13.1 Å². The molecule has 0 saturated carbocycles. The Hall–Kier alpha value is -2.51. The van der Waals surface area contributed by atoms with Crippen LogP contribution >= 0.6 is 0 Å². The Bertz CT molecular complexity index is 889. The quantitative estimate of drug-likeness (QED) is 0.509. The first-order valence-electron chi connectivity index (χ1n) is 8.71. The molecule has 144 valence electrons. The predicted molar refractivity (Wildman–Crippen MR) is 104 cm³/mol. The van der Waals surface area contributed by atoms with E-state index in [1.165, 1.54) is 12.1 Å². The smallest absolute Gasteiger partial charge is 0.240 e. The van der Waals surface area contributed by atoms with Gasteiger partial charge in [0, 0.05) is 31.5 Å². The van der Waals surface area contributed by atoms with E-state index >= 15 is 0 Å². The van der Waals surface area contributed by atoms with Gasteiger partial charge in [-0.2, -0.15) is 0 Å². The van der Waals surface area contributed by atoms with Crippen LogP contribution in [0.25, 0.3) is 0 Å². The molecule has 0 aliphatic heterocycles. The van der Waals surface area contributed by atoms with Crippen molar-refractivity contribution in [1.29, 1.82) is 0 Å². The third-order valence-corrected chi connectivity index (χ3v) is 5.50. The van der Waals surface area contributed by atoms with E-state index in [9.17, 15) is 18.0 Å². The van der Waals surface area contributed by atoms with Gasteiger partial charge in [0.05, 0.1) is 4.90 Å². The van der Waals surface area contributed by atoms with Crippen molar-refractivity contribution in [2.45, 2.75) is 31.6 Å². The van der Waals surface area contributed by atoms with Gasteiger partial charge in [0.2, 0.25) is 15.9 Å². The maximum Gasteiger partial charge on any atom is 0.240 e. The fraction of sp³-hybridized carbons (Fsp3) is 0.300. The van der Waals surface area contributed by atoms with Crippen molar-refractivity contribution in [3.63, 3.8) is 0 Å². The fourth-order valence-corrected chi connectivity index (χ4v) is 3.42. The second-order valence-electron chi connectivity index (χ2n) is 6.35. The van der Waals surface area contributed by atoms with E-state index in [1.807, 2.05) is 26.0 Å². The number of nitrogens with one attached hydrogen (secondary N) is 2. The maximum absolute atomic E-state index is 12.1. The highest BCUT2D eigenvalue weighted by Crippen LogP contribution is 2.09. The predicted octanol–water partition coefficient (Wildman–Crippen LogP) is 2.36. The highest BCUT2D eigenvalue weighted by molar-refractivity contribution is 7.89. The Balaban J connectivity index is 1.70. The van der Waals surface area contributed by atoms with Crippen LogP contribution in [0.15, 0.2) is 53.4 Å². The number of aryl methyl sites for hydroxylation is 2. The average Bonchev–Trinajstić information content (AvgIpc) is 2.64. The van der Waals surface area contributed by atoms with Gasteiger partial charge >= 0.3 is 0 Å². The lowest BCUT2D eigenvalue weighted by molar-refractivity contribution is -0.121. The Morgan fingerprint density at radius 1 is 0.815 bits per heavy atom. The Kier molecular flexibility index (Phi) is 7.27. The zero-order valence-electron chi connectivity index (χ0n) is 15.5. The molecule has 27 heavy (non-hydrogen) atoms. The van der Waals surface area contributed by atoms with Crippen LogP contribution in [0.2, 0.25) is 0 Å². The first-order valence-corrected chi connectivity index (χ1v) is 10.2. The third-order valence-electron chi connectivity index (χ3n) is 4.02. The first-order chi connectivity index (χ1) is 12.8. The van der Waals surface area contributed by atoms with Crippen LogP contribution < -0.4 is 10.0 Å². The molecule has 7 heteroatoms.